The van der Waals surface area contributed by atoms with Crippen molar-refractivity contribution in [3.05, 3.63) is 22.9 Å². The average Bonchev–Trinajstić information content (AvgIpc) is 2.37. The molecule has 0 aliphatic heterocycles. The van der Waals surface area contributed by atoms with Crippen LogP contribution in [0.15, 0.2) is 22.9 Å². The molecule has 0 N–H and O–H groups in total. The van der Waals surface area contributed by atoms with Crippen molar-refractivity contribution in [2.75, 3.05) is 12.4 Å². The fourth-order valence-electron chi connectivity index (χ4n) is 1.76. The van der Waals surface area contributed by atoms with Crippen LogP contribution < -0.4 is 4.74 Å². The van der Waals surface area contributed by atoms with Crippen LogP contribution in [0.4, 0.5) is 0 Å². The Bertz CT molecular complexity index is 322. The summed E-state index contributed by atoms with van der Waals surface area (Å²) in [5.74, 6) is 1.87. The molecule has 0 spiro atoms. The van der Waals surface area contributed by atoms with Crippen molar-refractivity contribution in [3.63, 3.8) is 0 Å². The van der Waals surface area contributed by atoms with Gasteiger partial charge in [-0.3, -0.25) is 4.98 Å². The summed E-state index contributed by atoms with van der Waals surface area (Å²) < 4.78 is 6.59. The Morgan fingerprint density at radius 2 is 1.67 bits per heavy atom. The highest BCUT2D eigenvalue weighted by atomic mass is 79.9. The predicted molar refractivity (Wildman–Crippen MR) is 83.6 cm³/mol. The molecule has 0 saturated carbocycles. The van der Waals surface area contributed by atoms with Crippen LogP contribution in [0.2, 0.25) is 0 Å². The second kappa shape index (κ2) is 10.7. The Hall–Kier alpha value is -0.220. The molecule has 1 heterocycles. The normalized spacial score (nSPS) is 10.6. The second-order valence-corrected chi connectivity index (χ2v) is 5.75. The predicted octanol–water partition coefficient (Wildman–Crippen LogP) is 4.88. The number of aromatic nitrogens is 1. The van der Waals surface area contributed by atoms with Crippen LogP contribution in [0.5, 0.6) is 5.75 Å². The van der Waals surface area contributed by atoms with E-state index in [2.05, 4.69) is 33.5 Å². The van der Waals surface area contributed by atoms with E-state index in [1.54, 1.807) is 12.4 Å². The molecule has 0 amide bonds. The smallest absolute Gasteiger partial charge is 0.138 e. The minimum atomic E-state index is 0.786. The zero-order valence-corrected chi connectivity index (χ0v) is 13.3. The van der Waals surface area contributed by atoms with Gasteiger partial charge in [0.25, 0.3) is 0 Å². The summed E-state index contributed by atoms with van der Waals surface area (Å²) in [6, 6.07) is 1.95. The molecule has 0 fully saturated rings. The molecule has 1 aromatic heterocycles. The lowest BCUT2D eigenvalue weighted by Crippen LogP contribution is -1.97. The van der Waals surface area contributed by atoms with E-state index in [-0.39, 0.29) is 0 Å². The topological polar surface area (TPSA) is 22.1 Å². The van der Waals surface area contributed by atoms with E-state index in [4.69, 9.17) is 4.74 Å². The quantitative estimate of drug-likeness (QED) is 0.487. The molecule has 18 heavy (non-hydrogen) atoms. The lowest BCUT2D eigenvalue weighted by molar-refractivity contribution is 0.303. The molecule has 1 rings (SSSR count). The number of halogens is 1. The number of unbranched alkanes of at least 4 members (excludes halogenated alkanes) is 6. The molecule has 0 atom stereocenters. The third-order valence-electron chi connectivity index (χ3n) is 2.75. The first-order valence-electron chi connectivity index (χ1n) is 6.67. The SMILES string of the molecule is SCCCCCCCCCOc1cncc(Br)c1. The molecule has 4 heteroatoms. The van der Waals surface area contributed by atoms with Crippen LogP contribution in [-0.2, 0) is 0 Å². The molecule has 0 bridgehead atoms. The van der Waals surface area contributed by atoms with Gasteiger partial charge in [-0.15, -0.1) is 0 Å². The molecule has 1 aromatic rings. The van der Waals surface area contributed by atoms with Crippen LogP contribution >= 0.6 is 28.6 Å². The van der Waals surface area contributed by atoms with E-state index < -0.39 is 0 Å². The highest BCUT2D eigenvalue weighted by Crippen LogP contribution is 2.16. The fraction of sp³-hybridized carbons (Fsp3) is 0.643. The van der Waals surface area contributed by atoms with E-state index >= 15 is 0 Å². The summed E-state index contributed by atoms with van der Waals surface area (Å²) in [7, 11) is 0. The van der Waals surface area contributed by atoms with Crippen LogP contribution in [-0.4, -0.2) is 17.3 Å². The fourth-order valence-corrected chi connectivity index (χ4v) is 2.33. The summed E-state index contributed by atoms with van der Waals surface area (Å²) in [6.07, 6.45) is 12.5. The molecule has 0 saturated heterocycles. The number of hydrogen-bond acceptors (Lipinski definition) is 3. The van der Waals surface area contributed by atoms with Crippen molar-refractivity contribution in [2.24, 2.45) is 0 Å². The van der Waals surface area contributed by atoms with Gasteiger partial charge in [-0.05, 0) is 40.6 Å². The third-order valence-corrected chi connectivity index (χ3v) is 3.50. The largest absolute Gasteiger partial charge is 0.492 e. The van der Waals surface area contributed by atoms with Crippen molar-refractivity contribution < 1.29 is 4.74 Å². The lowest BCUT2D eigenvalue weighted by atomic mass is 10.1. The standard InChI is InChI=1S/C14H22BrNOS/c15-13-10-14(12-16-11-13)17-8-6-4-2-1-3-5-7-9-18/h10-12,18H,1-9H2. The van der Waals surface area contributed by atoms with E-state index in [0.717, 1.165) is 29.0 Å². The van der Waals surface area contributed by atoms with Gasteiger partial charge in [0, 0.05) is 10.7 Å². The molecule has 0 radical (unpaired) electrons. The van der Waals surface area contributed by atoms with E-state index in [0.29, 0.717) is 0 Å². The maximum Gasteiger partial charge on any atom is 0.138 e. The zero-order chi connectivity index (χ0) is 13.1. The number of rotatable bonds is 10. The van der Waals surface area contributed by atoms with Gasteiger partial charge in [0.15, 0.2) is 0 Å². The van der Waals surface area contributed by atoms with Crippen LogP contribution in [0.25, 0.3) is 0 Å². The van der Waals surface area contributed by atoms with Gasteiger partial charge in [-0.2, -0.15) is 12.6 Å². The van der Waals surface area contributed by atoms with Crippen molar-refractivity contribution in [2.45, 2.75) is 44.9 Å². The van der Waals surface area contributed by atoms with Gasteiger partial charge in [0.2, 0.25) is 0 Å². The van der Waals surface area contributed by atoms with Gasteiger partial charge in [-0.1, -0.05) is 32.1 Å². The first kappa shape index (κ1) is 15.8. The van der Waals surface area contributed by atoms with Crippen molar-refractivity contribution in [3.8, 4) is 5.75 Å². The molecule has 102 valence electrons. The van der Waals surface area contributed by atoms with Crippen molar-refractivity contribution in [1.82, 2.24) is 4.98 Å². The summed E-state index contributed by atoms with van der Waals surface area (Å²) in [6.45, 7) is 0.786. The first-order chi connectivity index (χ1) is 8.83. The highest BCUT2D eigenvalue weighted by Gasteiger charge is 1.96. The Morgan fingerprint density at radius 1 is 1.00 bits per heavy atom. The van der Waals surface area contributed by atoms with Gasteiger partial charge >= 0.3 is 0 Å². The monoisotopic (exact) mass is 331 g/mol. The van der Waals surface area contributed by atoms with Gasteiger partial charge in [0.1, 0.15) is 5.75 Å². The average molecular weight is 332 g/mol. The Kier molecular flexibility index (Phi) is 9.40. The summed E-state index contributed by atoms with van der Waals surface area (Å²) in [4.78, 5) is 4.06. The number of pyridine rings is 1. The second-order valence-electron chi connectivity index (χ2n) is 4.39. The number of hydrogen-bond donors (Lipinski definition) is 1. The highest BCUT2D eigenvalue weighted by molar-refractivity contribution is 9.10. The van der Waals surface area contributed by atoms with Gasteiger partial charge < -0.3 is 4.74 Å². The maximum atomic E-state index is 5.63. The van der Waals surface area contributed by atoms with E-state index in [1.807, 2.05) is 6.07 Å². The molecule has 0 aliphatic rings. The van der Waals surface area contributed by atoms with Gasteiger partial charge in [-0.25, -0.2) is 0 Å². The van der Waals surface area contributed by atoms with Crippen molar-refractivity contribution in [1.29, 1.82) is 0 Å². The number of ether oxygens (including phenoxy) is 1. The lowest BCUT2D eigenvalue weighted by Gasteiger charge is -2.05. The maximum absolute atomic E-state index is 5.63. The molecular weight excluding hydrogens is 310 g/mol. The van der Waals surface area contributed by atoms with Crippen LogP contribution in [0, 0.1) is 0 Å². The Morgan fingerprint density at radius 3 is 2.33 bits per heavy atom. The molecule has 2 nitrogen and oxygen atoms in total. The minimum absolute atomic E-state index is 0.786. The number of thiol groups is 1. The molecule has 0 aromatic carbocycles. The molecular formula is C14H22BrNOS. The minimum Gasteiger partial charge on any atom is -0.492 e. The molecule has 0 aliphatic carbocycles. The number of nitrogens with zero attached hydrogens (tertiary/aromatic N) is 1. The van der Waals surface area contributed by atoms with E-state index in [1.165, 1.54) is 38.5 Å². The molecule has 0 unspecified atom stereocenters. The Balaban J connectivity index is 1.92. The summed E-state index contributed by atoms with van der Waals surface area (Å²) in [5.41, 5.74) is 0. The van der Waals surface area contributed by atoms with Crippen molar-refractivity contribution >= 4 is 28.6 Å². The summed E-state index contributed by atoms with van der Waals surface area (Å²) >= 11 is 7.59. The Labute approximate surface area is 124 Å². The third kappa shape index (κ3) is 7.98. The summed E-state index contributed by atoms with van der Waals surface area (Å²) in [5, 5.41) is 0. The van der Waals surface area contributed by atoms with Crippen LogP contribution in [0.1, 0.15) is 44.9 Å². The van der Waals surface area contributed by atoms with Crippen LogP contribution in [0.3, 0.4) is 0 Å². The van der Waals surface area contributed by atoms with E-state index in [9.17, 15) is 0 Å². The van der Waals surface area contributed by atoms with Gasteiger partial charge in [0.05, 0.1) is 12.8 Å². The zero-order valence-electron chi connectivity index (χ0n) is 10.8. The first-order valence-corrected chi connectivity index (χ1v) is 8.09.